The predicted octanol–water partition coefficient (Wildman–Crippen LogP) is 4.29. The molecule has 0 aliphatic rings. The summed E-state index contributed by atoms with van der Waals surface area (Å²) in [7, 11) is 0. The summed E-state index contributed by atoms with van der Waals surface area (Å²) >= 11 is 0. The Kier molecular flexibility index (Phi) is 9.54. The Hall–Kier alpha value is -2.57. The zero-order valence-corrected chi connectivity index (χ0v) is 19.9. The number of hydrogen-bond acceptors (Lipinski definition) is 5. The van der Waals surface area contributed by atoms with Gasteiger partial charge in [-0.25, -0.2) is 4.79 Å². The summed E-state index contributed by atoms with van der Waals surface area (Å²) < 4.78 is 11.2. The lowest BCUT2D eigenvalue weighted by Gasteiger charge is -2.38. The van der Waals surface area contributed by atoms with Gasteiger partial charge in [0.2, 0.25) is 0 Å². The van der Waals surface area contributed by atoms with Gasteiger partial charge < -0.3 is 25.6 Å². The zero-order valence-electron chi connectivity index (χ0n) is 19.9. The van der Waals surface area contributed by atoms with E-state index in [-0.39, 0.29) is 11.5 Å². The standard InChI is InChI=1S/C26H38N2O4/c1-18(2)16-28-24(26(3,4)5)23(29)22(32-25(27)30)15-19-11-13-21(14-12-19)31-17-20-9-7-6-8-10-20/h6-14,18,22-24,28-29H,15-17H2,1-5H3,(H2,27,30)/t22-,23-,24?/m0/s1. The van der Waals surface area contributed by atoms with Crippen molar-refractivity contribution < 1.29 is 19.4 Å². The normalized spacial score (nSPS) is 14.6. The molecule has 0 fully saturated rings. The van der Waals surface area contributed by atoms with Crippen molar-refractivity contribution in [1.29, 1.82) is 0 Å². The minimum atomic E-state index is -0.921. The van der Waals surface area contributed by atoms with E-state index in [1.807, 2.05) is 54.6 Å². The molecule has 0 aromatic heterocycles. The maximum absolute atomic E-state index is 11.6. The first kappa shape index (κ1) is 25.7. The Labute approximate surface area is 192 Å². The molecule has 32 heavy (non-hydrogen) atoms. The third kappa shape index (κ3) is 8.52. The fourth-order valence-corrected chi connectivity index (χ4v) is 3.59. The first-order chi connectivity index (χ1) is 15.1. The second kappa shape index (κ2) is 11.9. The topological polar surface area (TPSA) is 93.8 Å². The number of nitrogens with two attached hydrogens (primary N) is 1. The lowest BCUT2D eigenvalue weighted by atomic mass is 9.80. The van der Waals surface area contributed by atoms with E-state index in [4.69, 9.17) is 15.2 Å². The summed E-state index contributed by atoms with van der Waals surface area (Å²) in [6, 6.07) is 17.3. The van der Waals surface area contributed by atoms with Crippen LogP contribution in [-0.4, -0.2) is 36.0 Å². The minimum Gasteiger partial charge on any atom is -0.489 e. The van der Waals surface area contributed by atoms with Crippen LogP contribution in [0.2, 0.25) is 0 Å². The van der Waals surface area contributed by atoms with Crippen LogP contribution in [0, 0.1) is 11.3 Å². The summed E-state index contributed by atoms with van der Waals surface area (Å²) in [5.41, 5.74) is 7.08. The monoisotopic (exact) mass is 442 g/mol. The molecule has 2 aromatic carbocycles. The van der Waals surface area contributed by atoms with E-state index in [2.05, 4.69) is 39.9 Å². The maximum atomic E-state index is 11.6. The number of rotatable bonds is 11. The average Bonchev–Trinajstić information content (AvgIpc) is 2.72. The fourth-order valence-electron chi connectivity index (χ4n) is 3.59. The first-order valence-electron chi connectivity index (χ1n) is 11.2. The van der Waals surface area contributed by atoms with Crippen molar-refractivity contribution in [2.24, 2.45) is 17.1 Å². The van der Waals surface area contributed by atoms with Gasteiger partial charge in [0.1, 0.15) is 24.6 Å². The maximum Gasteiger partial charge on any atom is 0.404 e. The molecule has 0 spiro atoms. The average molecular weight is 443 g/mol. The zero-order chi connectivity index (χ0) is 23.7. The van der Waals surface area contributed by atoms with Crippen LogP contribution in [0.5, 0.6) is 5.75 Å². The highest BCUT2D eigenvalue weighted by Gasteiger charge is 2.37. The van der Waals surface area contributed by atoms with Crippen LogP contribution in [0.4, 0.5) is 4.79 Å². The number of carbonyl (C=O) groups excluding carboxylic acids is 1. The van der Waals surface area contributed by atoms with Gasteiger partial charge in [0, 0.05) is 12.5 Å². The predicted molar refractivity (Wildman–Crippen MR) is 127 cm³/mol. The molecule has 6 nitrogen and oxygen atoms in total. The molecule has 0 heterocycles. The Morgan fingerprint density at radius 1 is 1.03 bits per heavy atom. The van der Waals surface area contributed by atoms with Crippen LogP contribution in [0.3, 0.4) is 0 Å². The van der Waals surface area contributed by atoms with E-state index in [1.54, 1.807) is 0 Å². The van der Waals surface area contributed by atoms with E-state index in [9.17, 15) is 9.90 Å². The highest BCUT2D eigenvalue weighted by molar-refractivity contribution is 5.65. The molecule has 176 valence electrons. The molecule has 0 bridgehead atoms. The van der Waals surface area contributed by atoms with Crippen molar-refractivity contribution in [3.8, 4) is 5.75 Å². The molecule has 0 saturated heterocycles. The van der Waals surface area contributed by atoms with Crippen LogP contribution in [0.1, 0.15) is 45.7 Å². The lowest BCUT2D eigenvalue weighted by molar-refractivity contribution is -0.0356. The molecule has 2 aromatic rings. The van der Waals surface area contributed by atoms with Gasteiger partial charge in [-0.2, -0.15) is 0 Å². The van der Waals surface area contributed by atoms with Gasteiger partial charge in [-0.15, -0.1) is 0 Å². The van der Waals surface area contributed by atoms with Crippen molar-refractivity contribution >= 4 is 6.09 Å². The van der Waals surface area contributed by atoms with E-state index >= 15 is 0 Å². The van der Waals surface area contributed by atoms with Gasteiger partial charge in [0.15, 0.2) is 0 Å². The summed E-state index contributed by atoms with van der Waals surface area (Å²) in [6.45, 7) is 11.6. The molecule has 1 amide bonds. The molecule has 0 aliphatic heterocycles. The van der Waals surface area contributed by atoms with Crippen LogP contribution in [0.15, 0.2) is 54.6 Å². The number of hydrogen-bond donors (Lipinski definition) is 3. The van der Waals surface area contributed by atoms with E-state index in [0.29, 0.717) is 18.9 Å². The van der Waals surface area contributed by atoms with Gasteiger partial charge in [-0.1, -0.05) is 77.1 Å². The van der Waals surface area contributed by atoms with E-state index in [0.717, 1.165) is 23.4 Å². The molecule has 0 saturated carbocycles. The third-order valence-electron chi connectivity index (χ3n) is 5.28. The first-order valence-corrected chi connectivity index (χ1v) is 11.2. The summed E-state index contributed by atoms with van der Waals surface area (Å²) in [5, 5.41) is 14.6. The number of nitrogens with one attached hydrogen (secondary N) is 1. The number of aliphatic hydroxyl groups is 1. The minimum absolute atomic E-state index is 0.247. The molecule has 0 radical (unpaired) electrons. The highest BCUT2D eigenvalue weighted by Crippen LogP contribution is 2.26. The molecular weight excluding hydrogens is 404 g/mol. The molecule has 0 aliphatic carbocycles. The SMILES string of the molecule is CC(C)CNC([C@@H](O)[C@H](Cc1ccc(OCc2ccccc2)cc1)OC(N)=O)C(C)(C)C. The molecule has 1 unspecified atom stereocenters. The molecular formula is C26H38N2O4. The number of aliphatic hydroxyl groups excluding tert-OH is 1. The second-order valence-electron chi connectivity index (χ2n) is 9.73. The lowest BCUT2D eigenvalue weighted by Crippen LogP contribution is -2.55. The number of ether oxygens (including phenoxy) is 2. The van der Waals surface area contributed by atoms with Crippen molar-refractivity contribution in [1.82, 2.24) is 5.32 Å². The fraction of sp³-hybridized carbons (Fsp3) is 0.500. The van der Waals surface area contributed by atoms with Gasteiger partial charge in [-0.05, 0) is 41.1 Å². The Bertz CT molecular complexity index is 816. The molecule has 4 N–H and O–H groups in total. The number of benzene rings is 2. The van der Waals surface area contributed by atoms with Gasteiger partial charge >= 0.3 is 6.09 Å². The van der Waals surface area contributed by atoms with Crippen molar-refractivity contribution in [2.45, 2.75) is 65.9 Å². The molecule has 3 atom stereocenters. The van der Waals surface area contributed by atoms with Crippen LogP contribution >= 0.6 is 0 Å². The number of amides is 1. The van der Waals surface area contributed by atoms with Crippen molar-refractivity contribution in [3.05, 3.63) is 65.7 Å². The van der Waals surface area contributed by atoms with Crippen LogP contribution in [-0.2, 0) is 17.8 Å². The summed E-state index contributed by atoms with van der Waals surface area (Å²) in [5.74, 6) is 1.17. The summed E-state index contributed by atoms with van der Waals surface area (Å²) in [4.78, 5) is 11.6. The van der Waals surface area contributed by atoms with Crippen LogP contribution < -0.4 is 15.8 Å². The van der Waals surface area contributed by atoms with E-state index in [1.165, 1.54) is 0 Å². The largest absolute Gasteiger partial charge is 0.489 e. The molecule has 2 rings (SSSR count). The Morgan fingerprint density at radius 2 is 1.66 bits per heavy atom. The van der Waals surface area contributed by atoms with Crippen LogP contribution in [0.25, 0.3) is 0 Å². The number of primary amides is 1. The summed E-state index contributed by atoms with van der Waals surface area (Å²) in [6.07, 6.45) is -2.24. The van der Waals surface area contributed by atoms with E-state index < -0.39 is 18.3 Å². The molecule has 6 heteroatoms. The highest BCUT2D eigenvalue weighted by atomic mass is 16.6. The van der Waals surface area contributed by atoms with Gasteiger partial charge in [0.25, 0.3) is 0 Å². The van der Waals surface area contributed by atoms with Crippen molar-refractivity contribution in [3.63, 3.8) is 0 Å². The third-order valence-corrected chi connectivity index (χ3v) is 5.28. The Morgan fingerprint density at radius 3 is 2.19 bits per heavy atom. The smallest absolute Gasteiger partial charge is 0.404 e. The van der Waals surface area contributed by atoms with Crippen molar-refractivity contribution in [2.75, 3.05) is 6.54 Å². The van der Waals surface area contributed by atoms with Gasteiger partial charge in [0.05, 0.1) is 0 Å². The number of carbonyl (C=O) groups is 1. The Balaban J connectivity index is 2.08. The quantitative estimate of drug-likeness (QED) is 0.483. The van der Waals surface area contributed by atoms with Gasteiger partial charge in [-0.3, -0.25) is 0 Å². The second-order valence-corrected chi connectivity index (χ2v) is 9.73.